The molecule has 3 aromatic carbocycles. The number of nitrogens with zero attached hydrogens (tertiary/aromatic N) is 8. The Hall–Kier alpha value is -6.69. The van der Waals surface area contributed by atoms with Crippen LogP contribution in [0.1, 0.15) is 29.7 Å². The van der Waals surface area contributed by atoms with Gasteiger partial charge in [0.2, 0.25) is 20.9 Å². The number of aromatic nitrogens is 8. The molecular formula is C39H29F6N9O2S. The topological polar surface area (TPSA) is 149 Å². The zero-order valence-electron chi connectivity index (χ0n) is 29.8. The number of benzene rings is 3. The molecule has 0 amide bonds. The summed E-state index contributed by atoms with van der Waals surface area (Å²) in [6, 6.07) is 22.5. The number of alkyl halides is 6. The van der Waals surface area contributed by atoms with Gasteiger partial charge in [-0.25, -0.2) is 28.4 Å². The summed E-state index contributed by atoms with van der Waals surface area (Å²) in [7, 11) is -3.66. The zero-order chi connectivity index (χ0) is 40.8. The van der Waals surface area contributed by atoms with E-state index in [1.54, 1.807) is 18.3 Å². The normalized spacial score (nSPS) is 12.3. The molecule has 11 nitrogen and oxygen atoms in total. The fourth-order valence-corrected chi connectivity index (χ4v) is 5.91. The molecule has 0 fully saturated rings. The van der Waals surface area contributed by atoms with Crippen LogP contribution >= 0.6 is 0 Å². The number of anilines is 1. The molecule has 57 heavy (non-hydrogen) atoms. The Morgan fingerprint density at radius 2 is 1.02 bits per heavy atom. The van der Waals surface area contributed by atoms with E-state index in [-0.39, 0.29) is 28.7 Å². The second kappa shape index (κ2) is 16.6. The molecule has 1 atom stereocenters. The average molecular weight is 802 g/mol. The lowest BCUT2D eigenvalue weighted by molar-refractivity contribution is -0.138. The summed E-state index contributed by atoms with van der Waals surface area (Å²) in [4.78, 5) is 33.2. The van der Waals surface area contributed by atoms with Crippen molar-refractivity contribution in [1.82, 2.24) is 39.9 Å². The van der Waals surface area contributed by atoms with Crippen LogP contribution in [0.3, 0.4) is 0 Å². The summed E-state index contributed by atoms with van der Waals surface area (Å²) >= 11 is 0. The lowest BCUT2D eigenvalue weighted by Crippen LogP contribution is -2.09. The Labute approximate surface area is 322 Å². The quantitative estimate of drug-likeness (QED) is 0.116. The molecule has 0 aliphatic carbocycles. The van der Waals surface area contributed by atoms with Crippen molar-refractivity contribution in [2.24, 2.45) is 0 Å². The molecule has 4 heterocycles. The highest BCUT2D eigenvalue weighted by Gasteiger charge is 2.32. The third-order valence-corrected chi connectivity index (χ3v) is 8.93. The molecule has 7 rings (SSSR count). The van der Waals surface area contributed by atoms with E-state index in [0.717, 1.165) is 36.1 Å². The lowest BCUT2D eigenvalue weighted by Gasteiger charge is -2.15. The van der Waals surface area contributed by atoms with E-state index in [0.29, 0.717) is 28.6 Å². The van der Waals surface area contributed by atoms with Gasteiger partial charge >= 0.3 is 12.4 Å². The van der Waals surface area contributed by atoms with Gasteiger partial charge in [-0.05, 0) is 48.9 Å². The second-order valence-electron chi connectivity index (χ2n) is 12.2. The van der Waals surface area contributed by atoms with Crippen molar-refractivity contribution in [1.29, 1.82) is 0 Å². The van der Waals surface area contributed by atoms with Crippen LogP contribution in [0.25, 0.3) is 45.3 Å². The minimum Gasteiger partial charge on any atom is -0.348 e. The summed E-state index contributed by atoms with van der Waals surface area (Å²) in [6.45, 7) is 1.99. The van der Waals surface area contributed by atoms with Gasteiger partial charge in [0.15, 0.2) is 0 Å². The molecule has 0 spiro atoms. The van der Waals surface area contributed by atoms with Gasteiger partial charge in [0.05, 0.1) is 39.9 Å². The van der Waals surface area contributed by atoms with Crippen molar-refractivity contribution in [2.75, 3.05) is 11.6 Å². The van der Waals surface area contributed by atoms with Crippen LogP contribution in [-0.4, -0.2) is 54.5 Å². The molecule has 0 saturated carbocycles. The molecule has 0 aliphatic rings. The predicted octanol–water partition coefficient (Wildman–Crippen LogP) is 8.82. The Bertz CT molecular complexity index is 2610. The molecule has 18 heteroatoms. The fourth-order valence-electron chi connectivity index (χ4n) is 5.39. The SMILES string of the molecule is CC(Nc1nccc(-c2nccnc2-c2cccc(C(F)(F)F)c2)n1)c1ccccc1.CS(=O)(=O)c1nccc(-c2nccnc2-c2cccc(C(F)(F)F)c2)n1. The van der Waals surface area contributed by atoms with Crippen molar-refractivity contribution in [3.63, 3.8) is 0 Å². The van der Waals surface area contributed by atoms with Crippen molar-refractivity contribution in [2.45, 2.75) is 30.5 Å². The minimum atomic E-state index is -4.50. The van der Waals surface area contributed by atoms with Crippen molar-refractivity contribution < 1.29 is 34.8 Å². The van der Waals surface area contributed by atoms with E-state index in [1.807, 2.05) is 37.3 Å². The van der Waals surface area contributed by atoms with Gasteiger partial charge in [-0.3, -0.25) is 19.9 Å². The molecule has 0 aliphatic heterocycles. The van der Waals surface area contributed by atoms with Gasteiger partial charge in [0.25, 0.3) is 0 Å². The van der Waals surface area contributed by atoms with Crippen LogP contribution in [-0.2, 0) is 22.2 Å². The van der Waals surface area contributed by atoms with Gasteiger partial charge in [-0.2, -0.15) is 26.3 Å². The Morgan fingerprint density at radius 1 is 0.544 bits per heavy atom. The van der Waals surface area contributed by atoms with Gasteiger partial charge in [0.1, 0.15) is 11.4 Å². The summed E-state index contributed by atoms with van der Waals surface area (Å²) < 4.78 is 102. The highest BCUT2D eigenvalue weighted by atomic mass is 32.2. The van der Waals surface area contributed by atoms with Crippen molar-refractivity contribution in [3.8, 4) is 45.3 Å². The van der Waals surface area contributed by atoms with Crippen LogP contribution in [0.5, 0.6) is 0 Å². The zero-order valence-corrected chi connectivity index (χ0v) is 30.6. The minimum absolute atomic E-state index is 0.0405. The first-order valence-corrected chi connectivity index (χ1v) is 18.6. The molecule has 1 N–H and O–H groups in total. The maximum absolute atomic E-state index is 13.2. The predicted molar refractivity (Wildman–Crippen MR) is 199 cm³/mol. The van der Waals surface area contributed by atoms with Crippen LogP contribution in [0, 0.1) is 0 Å². The first-order valence-electron chi connectivity index (χ1n) is 16.7. The van der Waals surface area contributed by atoms with Gasteiger partial charge in [-0.15, -0.1) is 0 Å². The fraction of sp³-hybridized carbons (Fsp3) is 0.128. The highest BCUT2D eigenvalue weighted by molar-refractivity contribution is 7.90. The standard InChI is InChI=1S/C23H18F3N5.C16H11F3N4O2S/c1-15(16-6-3-2-4-7-16)30-22-29-11-10-19(31-22)21-20(27-12-13-28-21)17-8-5-9-18(14-17)23(24,25)26;1-26(24,25)15-22-6-5-12(23-15)14-13(20-7-8-21-14)10-3-2-4-11(9-10)16(17,18)19/h2-15H,1H3,(H,29,30,31);2-9H,1H3. The number of nitrogens with one attached hydrogen (secondary N) is 1. The Kier molecular flexibility index (Phi) is 11.6. The number of rotatable bonds is 8. The average Bonchev–Trinajstić information content (AvgIpc) is 3.21. The van der Waals surface area contributed by atoms with E-state index in [4.69, 9.17) is 0 Å². The van der Waals surface area contributed by atoms with Crippen LogP contribution < -0.4 is 5.32 Å². The van der Waals surface area contributed by atoms with Crippen LogP contribution in [0.2, 0.25) is 0 Å². The monoisotopic (exact) mass is 801 g/mol. The van der Waals surface area contributed by atoms with Crippen molar-refractivity contribution in [3.05, 3.63) is 145 Å². The maximum Gasteiger partial charge on any atom is 0.416 e. The molecule has 0 radical (unpaired) electrons. The van der Waals surface area contributed by atoms with Gasteiger partial charge in [-0.1, -0.05) is 54.6 Å². The van der Waals surface area contributed by atoms with Gasteiger partial charge in [0, 0.05) is 54.6 Å². The largest absolute Gasteiger partial charge is 0.416 e. The number of sulfone groups is 1. The number of hydrogen-bond donors (Lipinski definition) is 1. The smallest absolute Gasteiger partial charge is 0.348 e. The summed E-state index contributed by atoms with van der Waals surface area (Å²) in [5.41, 5.74) is 1.57. The highest BCUT2D eigenvalue weighted by Crippen LogP contribution is 2.35. The molecule has 0 bridgehead atoms. The van der Waals surface area contributed by atoms with E-state index in [9.17, 15) is 34.8 Å². The Balaban J connectivity index is 0.000000196. The first-order chi connectivity index (χ1) is 27.1. The van der Waals surface area contributed by atoms with E-state index < -0.39 is 38.5 Å². The molecule has 7 aromatic rings. The Morgan fingerprint density at radius 3 is 1.51 bits per heavy atom. The van der Waals surface area contributed by atoms with E-state index in [2.05, 4.69) is 45.2 Å². The molecular weight excluding hydrogens is 773 g/mol. The summed E-state index contributed by atoms with van der Waals surface area (Å²) in [6.07, 6.45) is 0.416. The summed E-state index contributed by atoms with van der Waals surface area (Å²) in [5, 5.41) is 2.83. The summed E-state index contributed by atoms with van der Waals surface area (Å²) in [5.74, 6) is 0.384. The molecule has 0 saturated heterocycles. The maximum atomic E-state index is 13.2. The van der Waals surface area contributed by atoms with Crippen molar-refractivity contribution >= 4 is 15.8 Å². The number of hydrogen-bond acceptors (Lipinski definition) is 11. The van der Waals surface area contributed by atoms with Crippen LogP contribution in [0.4, 0.5) is 32.3 Å². The second-order valence-corrected chi connectivity index (χ2v) is 14.1. The third kappa shape index (κ3) is 9.95. The first kappa shape index (κ1) is 40.0. The number of halogens is 6. The van der Waals surface area contributed by atoms with E-state index >= 15 is 0 Å². The van der Waals surface area contributed by atoms with Crippen LogP contribution in [0.15, 0.2) is 133 Å². The third-order valence-electron chi connectivity index (χ3n) is 8.07. The van der Waals surface area contributed by atoms with Gasteiger partial charge < -0.3 is 5.32 Å². The molecule has 290 valence electrons. The molecule has 4 aromatic heterocycles. The van der Waals surface area contributed by atoms with E-state index in [1.165, 1.54) is 55.2 Å². The molecule has 1 unspecified atom stereocenters. The lowest BCUT2D eigenvalue weighted by atomic mass is 10.0.